The molecule has 1 aromatic rings. The molecule has 2 heterocycles. The van der Waals surface area contributed by atoms with Crippen LogP contribution in [-0.2, 0) is 14.9 Å². The number of β-amino-alcohol motifs (C(OH)–C–C–N with tert-alkyl or cyclic N) is 1. The summed E-state index contributed by atoms with van der Waals surface area (Å²) in [7, 11) is -3.48. The van der Waals surface area contributed by atoms with Crippen LogP contribution in [0.15, 0.2) is 24.3 Å². The van der Waals surface area contributed by atoms with Gasteiger partial charge in [0.2, 0.25) is 0 Å². The Hall–Kier alpha value is -1.23. The molecule has 164 valence electrons. The van der Waals surface area contributed by atoms with Gasteiger partial charge in [0.05, 0.1) is 12.2 Å². The fourth-order valence-electron chi connectivity index (χ4n) is 3.88. The van der Waals surface area contributed by atoms with Gasteiger partial charge in [0.25, 0.3) is 10.2 Å². The molecule has 2 aliphatic rings. The van der Waals surface area contributed by atoms with Crippen molar-refractivity contribution in [1.82, 2.24) is 13.5 Å². The zero-order chi connectivity index (χ0) is 21.0. The van der Waals surface area contributed by atoms with Gasteiger partial charge in [0, 0.05) is 45.8 Å². The van der Waals surface area contributed by atoms with Crippen LogP contribution in [-0.4, -0.2) is 97.8 Å². The van der Waals surface area contributed by atoms with E-state index in [9.17, 15) is 13.5 Å². The Morgan fingerprint density at radius 3 is 2.34 bits per heavy atom. The van der Waals surface area contributed by atoms with Gasteiger partial charge in [0.15, 0.2) is 0 Å². The highest BCUT2D eigenvalue weighted by atomic mass is 32.2. The third kappa shape index (κ3) is 5.90. The molecule has 0 amide bonds. The predicted octanol–water partition coefficient (Wildman–Crippen LogP) is 0.706. The molecule has 0 spiro atoms. The first-order valence-corrected chi connectivity index (χ1v) is 11.6. The zero-order valence-electron chi connectivity index (χ0n) is 17.5. The normalized spacial score (nSPS) is 26.3. The van der Waals surface area contributed by atoms with E-state index in [1.54, 1.807) is 4.31 Å². The van der Waals surface area contributed by atoms with Gasteiger partial charge >= 0.3 is 0 Å². The first kappa shape index (κ1) is 22.5. The van der Waals surface area contributed by atoms with Gasteiger partial charge in [-0.1, -0.05) is 18.2 Å². The summed E-state index contributed by atoms with van der Waals surface area (Å²) < 4.78 is 40.4. The molecule has 2 saturated heterocycles. The van der Waals surface area contributed by atoms with Crippen molar-refractivity contribution >= 4 is 10.2 Å². The van der Waals surface area contributed by atoms with Gasteiger partial charge in [-0.25, -0.2) is 0 Å². The van der Waals surface area contributed by atoms with Crippen molar-refractivity contribution in [2.45, 2.75) is 39.1 Å². The number of rotatable bonds is 7. The Balaban J connectivity index is 1.45. The first-order valence-electron chi connectivity index (χ1n) is 10.2. The second kappa shape index (κ2) is 9.72. The average Bonchev–Trinajstić information content (AvgIpc) is 2.67. The lowest BCUT2D eigenvalue weighted by Gasteiger charge is -2.40. The van der Waals surface area contributed by atoms with Gasteiger partial charge in [-0.2, -0.15) is 17.0 Å². The van der Waals surface area contributed by atoms with E-state index in [4.69, 9.17) is 9.47 Å². The van der Waals surface area contributed by atoms with Crippen LogP contribution >= 0.6 is 0 Å². The Morgan fingerprint density at radius 1 is 1.10 bits per heavy atom. The van der Waals surface area contributed by atoms with Crippen molar-refractivity contribution in [3.8, 4) is 5.75 Å². The van der Waals surface area contributed by atoms with Crippen molar-refractivity contribution in [1.29, 1.82) is 0 Å². The van der Waals surface area contributed by atoms with E-state index in [-0.39, 0.29) is 18.8 Å². The molecule has 8 nitrogen and oxygen atoms in total. The molecule has 0 saturated carbocycles. The van der Waals surface area contributed by atoms with Crippen molar-refractivity contribution in [3.63, 3.8) is 0 Å². The summed E-state index contributed by atoms with van der Waals surface area (Å²) in [5.74, 6) is 0.774. The van der Waals surface area contributed by atoms with Crippen LogP contribution in [0.2, 0.25) is 0 Å². The van der Waals surface area contributed by atoms with Gasteiger partial charge in [-0.15, -0.1) is 0 Å². The van der Waals surface area contributed by atoms with Gasteiger partial charge in [0.1, 0.15) is 18.5 Å². The SMILES string of the molecule is Cc1ccccc1OCC(O)CN1CCN(S(=O)(=O)N2CC(C)OC(C)C2)CC1. The minimum absolute atomic E-state index is 0.0989. The summed E-state index contributed by atoms with van der Waals surface area (Å²) in [6, 6.07) is 7.71. The van der Waals surface area contributed by atoms with E-state index >= 15 is 0 Å². The van der Waals surface area contributed by atoms with E-state index in [2.05, 4.69) is 4.90 Å². The highest BCUT2D eigenvalue weighted by molar-refractivity contribution is 7.86. The summed E-state index contributed by atoms with van der Waals surface area (Å²) in [6.45, 7) is 9.26. The Kier molecular flexibility index (Phi) is 7.53. The molecule has 3 atom stereocenters. The quantitative estimate of drug-likeness (QED) is 0.690. The Labute approximate surface area is 174 Å². The zero-order valence-corrected chi connectivity index (χ0v) is 18.3. The lowest BCUT2D eigenvalue weighted by molar-refractivity contribution is -0.0458. The van der Waals surface area contributed by atoms with E-state index in [1.807, 2.05) is 45.0 Å². The molecule has 2 aliphatic heterocycles. The third-order valence-electron chi connectivity index (χ3n) is 5.36. The standard InChI is InChI=1S/C20H33N3O5S/c1-16-6-4-5-7-20(16)27-15-19(24)14-21-8-10-22(11-9-21)29(25,26)23-12-17(2)28-18(3)13-23/h4-7,17-19,24H,8-15H2,1-3H3. The Bertz CT molecular complexity index is 757. The van der Waals surface area contributed by atoms with E-state index < -0.39 is 16.3 Å². The number of aryl methyl sites for hydroxylation is 1. The monoisotopic (exact) mass is 427 g/mol. The topological polar surface area (TPSA) is 82.6 Å². The third-order valence-corrected chi connectivity index (χ3v) is 7.33. The highest BCUT2D eigenvalue weighted by Crippen LogP contribution is 2.19. The lowest BCUT2D eigenvalue weighted by atomic mass is 10.2. The van der Waals surface area contributed by atoms with Crippen LogP contribution in [0, 0.1) is 6.92 Å². The van der Waals surface area contributed by atoms with Crippen molar-refractivity contribution in [3.05, 3.63) is 29.8 Å². The summed E-state index contributed by atoms with van der Waals surface area (Å²) in [5, 5.41) is 10.3. The predicted molar refractivity (Wildman–Crippen MR) is 111 cm³/mol. The molecule has 0 aliphatic carbocycles. The largest absolute Gasteiger partial charge is 0.491 e. The van der Waals surface area contributed by atoms with E-state index in [1.165, 1.54) is 4.31 Å². The molecule has 3 rings (SSSR count). The first-order chi connectivity index (χ1) is 13.8. The maximum atomic E-state index is 13.0. The van der Waals surface area contributed by atoms with Crippen LogP contribution in [0.1, 0.15) is 19.4 Å². The molecule has 1 N–H and O–H groups in total. The molecule has 1 aromatic carbocycles. The molecular formula is C20H33N3O5S. The average molecular weight is 428 g/mol. The van der Waals surface area contributed by atoms with Crippen LogP contribution < -0.4 is 4.74 Å². The van der Waals surface area contributed by atoms with E-state index in [0.29, 0.717) is 45.8 Å². The second-order valence-corrected chi connectivity index (χ2v) is 9.94. The minimum Gasteiger partial charge on any atom is -0.491 e. The number of hydrogen-bond donors (Lipinski definition) is 1. The molecule has 0 aromatic heterocycles. The number of ether oxygens (including phenoxy) is 2. The minimum atomic E-state index is -3.48. The fraction of sp³-hybridized carbons (Fsp3) is 0.700. The Morgan fingerprint density at radius 2 is 1.72 bits per heavy atom. The number of morpholine rings is 1. The van der Waals surface area contributed by atoms with Crippen molar-refractivity contribution < 1.29 is 23.0 Å². The van der Waals surface area contributed by atoms with Gasteiger partial charge in [-0.05, 0) is 32.4 Å². The molecule has 0 radical (unpaired) electrons. The smallest absolute Gasteiger partial charge is 0.282 e. The van der Waals surface area contributed by atoms with Crippen LogP contribution in [0.5, 0.6) is 5.75 Å². The number of aliphatic hydroxyl groups is 1. The summed E-state index contributed by atoms with van der Waals surface area (Å²) in [5.41, 5.74) is 1.03. The van der Waals surface area contributed by atoms with Crippen LogP contribution in [0.3, 0.4) is 0 Å². The van der Waals surface area contributed by atoms with Crippen molar-refractivity contribution in [2.75, 3.05) is 52.4 Å². The molecule has 29 heavy (non-hydrogen) atoms. The molecule has 3 unspecified atom stereocenters. The molecule has 9 heteroatoms. The maximum absolute atomic E-state index is 13.0. The number of nitrogens with zero attached hydrogens (tertiary/aromatic N) is 3. The number of piperazine rings is 1. The summed E-state index contributed by atoms with van der Waals surface area (Å²) in [4.78, 5) is 2.09. The van der Waals surface area contributed by atoms with Crippen LogP contribution in [0.4, 0.5) is 0 Å². The summed E-state index contributed by atoms with van der Waals surface area (Å²) in [6.07, 6.45) is -0.824. The number of para-hydroxylation sites is 1. The number of benzene rings is 1. The van der Waals surface area contributed by atoms with Gasteiger partial charge in [-0.3, -0.25) is 4.90 Å². The lowest BCUT2D eigenvalue weighted by Crippen LogP contribution is -2.57. The van der Waals surface area contributed by atoms with Gasteiger partial charge < -0.3 is 14.6 Å². The number of aliphatic hydroxyl groups excluding tert-OH is 1. The fourth-order valence-corrected chi connectivity index (χ4v) is 5.63. The molecule has 2 fully saturated rings. The summed E-state index contributed by atoms with van der Waals surface area (Å²) >= 11 is 0. The van der Waals surface area contributed by atoms with Crippen LogP contribution in [0.25, 0.3) is 0 Å². The molecule has 0 bridgehead atoms. The molecular weight excluding hydrogens is 394 g/mol. The second-order valence-electron chi connectivity index (χ2n) is 8.01. The maximum Gasteiger partial charge on any atom is 0.282 e. The number of hydrogen-bond acceptors (Lipinski definition) is 6. The highest BCUT2D eigenvalue weighted by Gasteiger charge is 2.36. The van der Waals surface area contributed by atoms with Crippen molar-refractivity contribution in [2.24, 2.45) is 0 Å². The van der Waals surface area contributed by atoms with E-state index in [0.717, 1.165) is 11.3 Å².